The van der Waals surface area contributed by atoms with Gasteiger partial charge in [-0.3, -0.25) is 4.98 Å². The van der Waals surface area contributed by atoms with Crippen molar-refractivity contribution in [1.82, 2.24) is 10.3 Å². The van der Waals surface area contributed by atoms with E-state index in [0.29, 0.717) is 12.6 Å². The lowest BCUT2D eigenvalue weighted by molar-refractivity contribution is 0.160. The van der Waals surface area contributed by atoms with Gasteiger partial charge in [-0.15, -0.1) is 0 Å². The van der Waals surface area contributed by atoms with E-state index in [1.54, 1.807) is 6.20 Å². The standard InChI is InChI=1S/C20H26N2O2/c1-2-19(23)7-6-15-4-3-5-16(10-15)17-11-20(13-21-12-17)24-14-18-8-9-22-18/h3-5,10-13,18-19,22-23H,2,6-9,14H2,1H3/t18-,19-/m0/s1. The Balaban J connectivity index is 1.66. The molecule has 3 rings (SSSR count). The predicted molar refractivity (Wildman–Crippen MR) is 96.2 cm³/mol. The Hall–Kier alpha value is -1.91. The molecular weight excluding hydrogens is 300 g/mol. The average molecular weight is 326 g/mol. The lowest BCUT2D eigenvalue weighted by Gasteiger charge is -2.27. The van der Waals surface area contributed by atoms with Gasteiger partial charge >= 0.3 is 0 Å². The van der Waals surface area contributed by atoms with Crippen LogP contribution in [0.3, 0.4) is 0 Å². The summed E-state index contributed by atoms with van der Waals surface area (Å²) in [7, 11) is 0. The maximum atomic E-state index is 9.74. The fourth-order valence-electron chi connectivity index (χ4n) is 2.79. The zero-order valence-corrected chi connectivity index (χ0v) is 14.2. The first-order valence-electron chi connectivity index (χ1n) is 8.83. The Morgan fingerprint density at radius 2 is 2.17 bits per heavy atom. The topological polar surface area (TPSA) is 54.4 Å². The van der Waals surface area contributed by atoms with Crippen molar-refractivity contribution in [3.63, 3.8) is 0 Å². The predicted octanol–water partition coefficient (Wildman–Crippen LogP) is 3.19. The highest BCUT2D eigenvalue weighted by atomic mass is 16.5. The van der Waals surface area contributed by atoms with E-state index in [-0.39, 0.29) is 6.10 Å². The number of aliphatic hydroxyl groups is 1. The first kappa shape index (κ1) is 16.9. The minimum absolute atomic E-state index is 0.216. The largest absolute Gasteiger partial charge is 0.490 e. The van der Waals surface area contributed by atoms with Crippen LogP contribution in [0.15, 0.2) is 42.7 Å². The molecule has 0 saturated carbocycles. The number of rotatable bonds is 8. The summed E-state index contributed by atoms with van der Waals surface area (Å²) in [6.45, 7) is 3.79. The molecule has 0 bridgehead atoms. The molecule has 0 amide bonds. The van der Waals surface area contributed by atoms with E-state index in [1.165, 1.54) is 12.0 Å². The normalized spacial score (nSPS) is 18.0. The highest BCUT2D eigenvalue weighted by Crippen LogP contribution is 2.24. The molecule has 0 aliphatic carbocycles. The Morgan fingerprint density at radius 3 is 2.92 bits per heavy atom. The molecule has 4 heteroatoms. The molecule has 1 aliphatic heterocycles. The molecule has 128 valence electrons. The van der Waals surface area contributed by atoms with E-state index in [1.807, 2.05) is 19.2 Å². The third kappa shape index (κ3) is 4.56. The number of ether oxygens (including phenoxy) is 1. The van der Waals surface area contributed by atoms with E-state index in [4.69, 9.17) is 4.74 Å². The molecule has 4 nitrogen and oxygen atoms in total. The van der Waals surface area contributed by atoms with Gasteiger partial charge in [0.15, 0.2) is 0 Å². The molecule has 1 saturated heterocycles. The molecule has 2 aromatic rings. The van der Waals surface area contributed by atoms with Crippen molar-refractivity contribution in [1.29, 1.82) is 0 Å². The van der Waals surface area contributed by atoms with E-state index in [0.717, 1.165) is 42.7 Å². The van der Waals surface area contributed by atoms with E-state index < -0.39 is 0 Å². The van der Waals surface area contributed by atoms with Gasteiger partial charge in [0, 0.05) is 17.8 Å². The van der Waals surface area contributed by atoms with Crippen LogP contribution in [-0.2, 0) is 6.42 Å². The quantitative estimate of drug-likeness (QED) is 0.782. The van der Waals surface area contributed by atoms with Gasteiger partial charge in [0.05, 0.1) is 12.3 Å². The van der Waals surface area contributed by atoms with E-state index in [9.17, 15) is 5.11 Å². The molecule has 0 radical (unpaired) electrons. The third-order valence-corrected chi connectivity index (χ3v) is 4.59. The van der Waals surface area contributed by atoms with Crippen molar-refractivity contribution >= 4 is 0 Å². The van der Waals surface area contributed by atoms with Gasteiger partial charge in [-0.25, -0.2) is 0 Å². The Kier molecular flexibility index (Phi) is 5.83. The molecular formula is C20H26N2O2. The summed E-state index contributed by atoms with van der Waals surface area (Å²) in [5.41, 5.74) is 3.44. The van der Waals surface area contributed by atoms with E-state index >= 15 is 0 Å². The van der Waals surface area contributed by atoms with E-state index in [2.05, 4.69) is 34.6 Å². The van der Waals surface area contributed by atoms with Crippen LogP contribution < -0.4 is 10.1 Å². The molecule has 2 heterocycles. The minimum atomic E-state index is -0.216. The number of pyridine rings is 1. The number of aryl methyl sites for hydroxylation is 1. The minimum Gasteiger partial charge on any atom is -0.490 e. The average Bonchev–Trinajstić information content (AvgIpc) is 2.59. The van der Waals surface area contributed by atoms with Gasteiger partial charge in [-0.2, -0.15) is 0 Å². The fourth-order valence-corrected chi connectivity index (χ4v) is 2.79. The monoisotopic (exact) mass is 326 g/mol. The second-order valence-electron chi connectivity index (χ2n) is 6.46. The highest BCUT2D eigenvalue weighted by Gasteiger charge is 2.16. The van der Waals surface area contributed by atoms with Crippen molar-refractivity contribution < 1.29 is 9.84 Å². The third-order valence-electron chi connectivity index (χ3n) is 4.59. The van der Waals surface area contributed by atoms with Crippen LogP contribution in [0.25, 0.3) is 11.1 Å². The highest BCUT2D eigenvalue weighted by molar-refractivity contribution is 5.64. The Morgan fingerprint density at radius 1 is 1.29 bits per heavy atom. The van der Waals surface area contributed by atoms with Crippen LogP contribution in [0.1, 0.15) is 31.7 Å². The van der Waals surface area contributed by atoms with Gasteiger partial charge in [0.25, 0.3) is 0 Å². The number of aromatic nitrogens is 1. The molecule has 1 fully saturated rings. The lowest BCUT2D eigenvalue weighted by Crippen LogP contribution is -2.46. The van der Waals surface area contributed by atoms with Crippen LogP contribution >= 0.6 is 0 Å². The van der Waals surface area contributed by atoms with Gasteiger partial charge in [0.1, 0.15) is 12.4 Å². The number of nitrogens with one attached hydrogen (secondary N) is 1. The molecule has 1 aromatic carbocycles. The molecule has 24 heavy (non-hydrogen) atoms. The fraction of sp³-hybridized carbons (Fsp3) is 0.450. The second-order valence-corrected chi connectivity index (χ2v) is 6.46. The SMILES string of the molecule is CC[C@H](O)CCc1cccc(-c2cncc(OC[C@@H]3CCN3)c2)c1. The Bertz CT molecular complexity index is 605. The smallest absolute Gasteiger partial charge is 0.138 e. The van der Waals surface area contributed by atoms with Crippen molar-refractivity contribution in [2.45, 2.75) is 44.8 Å². The van der Waals surface area contributed by atoms with Gasteiger partial charge in [-0.05, 0) is 49.4 Å². The number of hydrogen-bond acceptors (Lipinski definition) is 4. The molecule has 0 spiro atoms. The first-order chi connectivity index (χ1) is 11.7. The lowest BCUT2D eigenvalue weighted by atomic mass is 10.0. The summed E-state index contributed by atoms with van der Waals surface area (Å²) in [6.07, 6.45) is 7.10. The van der Waals surface area contributed by atoms with Gasteiger partial charge < -0.3 is 15.2 Å². The van der Waals surface area contributed by atoms with Gasteiger partial charge in [0.2, 0.25) is 0 Å². The van der Waals surface area contributed by atoms with Crippen LogP contribution in [0, 0.1) is 0 Å². The van der Waals surface area contributed by atoms with Crippen molar-refractivity contribution in [2.24, 2.45) is 0 Å². The maximum Gasteiger partial charge on any atom is 0.138 e. The van der Waals surface area contributed by atoms with Crippen LogP contribution in [-0.4, -0.2) is 35.4 Å². The molecule has 1 aliphatic rings. The second kappa shape index (κ2) is 8.27. The van der Waals surface area contributed by atoms with Crippen molar-refractivity contribution in [3.05, 3.63) is 48.3 Å². The molecule has 2 N–H and O–H groups in total. The number of nitrogens with zero attached hydrogens (tertiary/aromatic N) is 1. The summed E-state index contributed by atoms with van der Waals surface area (Å²) in [6, 6.07) is 11.0. The van der Waals surface area contributed by atoms with Crippen molar-refractivity contribution in [3.8, 4) is 16.9 Å². The number of aliphatic hydroxyl groups excluding tert-OH is 1. The maximum absolute atomic E-state index is 9.74. The zero-order valence-electron chi connectivity index (χ0n) is 14.2. The van der Waals surface area contributed by atoms with Crippen LogP contribution in [0.2, 0.25) is 0 Å². The number of benzene rings is 1. The zero-order chi connectivity index (χ0) is 16.8. The summed E-state index contributed by atoms with van der Waals surface area (Å²) >= 11 is 0. The summed E-state index contributed by atoms with van der Waals surface area (Å²) in [5, 5.41) is 13.1. The summed E-state index contributed by atoms with van der Waals surface area (Å²) in [5.74, 6) is 0.813. The number of hydrogen-bond donors (Lipinski definition) is 2. The molecule has 2 atom stereocenters. The van der Waals surface area contributed by atoms with Gasteiger partial charge in [-0.1, -0.05) is 31.2 Å². The summed E-state index contributed by atoms with van der Waals surface area (Å²) < 4.78 is 5.84. The van der Waals surface area contributed by atoms with Crippen LogP contribution in [0.4, 0.5) is 0 Å². The molecule has 1 aromatic heterocycles. The first-order valence-corrected chi connectivity index (χ1v) is 8.83. The summed E-state index contributed by atoms with van der Waals surface area (Å²) in [4.78, 5) is 4.31. The Labute approximate surface area is 143 Å². The molecule has 0 unspecified atom stereocenters. The van der Waals surface area contributed by atoms with Crippen molar-refractivity contribution in [2.75, 3.05) is 13.2 Å². The van der Waals surface area contributed by atoms with Crippen LogP contribution in [0.5, 0.6) is 5.75 Å².